The van der Waals surface area contributed by atoms with Crippen LogP contribution in [0.4, 0.5) is 0 Å². The molecular weight excluding hydrogens is 609 g/mol. The summed E-state index contributed by atoms with van der Waals surface area (Å²) in [6.07, 6.45) is 2.80. The lowest BCUT2D eigenvalue weighted by Crippen LogP contribution is -2.04. The van der Waals surface area contributed by atoms with Crippen molar-refractivity contribution in [3.8, 4) is 33.8 Å². The summed E-state index contributed by atoms with van der Waals surface area (Å²) in [5, 5.41) is 4.96. The molecule has 0 bridgehead atoms. The summed E-state index contributed by atoms with van der Waals surface area (Å²) in [5.41, 5.74) is 14.0. The van der Waals surface area contributed by atoms with Gasteiger partial charge in [0.2, 0.25) is 0 Å². The molecule has 0 aliphatic carbocycles. The molecule has 50 heavy (non-hydrogen) atoms. The van der Waals surface area contributed by atoms with Gasteiger partial charge >= 0.3 is 0 Å². The number of para-hydroxylation sites is 3. The molecular formula is C46H38N4. The van der Waals surface area contributed by atoms with Crippen LogP contribution >= 0.6 is 0 Å². The standard InChI is InChI=1S/C46H38N4/c1-4-14-45-47-40(5-2)30(3)46(48-45)33-23-26-44-39(29-33)38-28-32(22-25-43(38)50(44)35-17-10-7-11-18-35)31-21-24-42-37(27-31)36-19-12-13-20-41(36)49(42)34-15-8-6-9-16-34/h6-13,15-29H,4-5,14H2,1-3H3. The maximum absolute atomic E-state index is 5.12. The van der Waals surface area contributed by atoms with Crippen molar-refractivity contribution >= 4 is 43.6 Å². The minimum Gasteiger partial charge on any atom is -0.309 e. The maximum Gasteiger partial charge on any atom is 0.129 e. The Balaban J connectivity index is 1.27. The summed E-state index contributed by atoms with van der Waals surface area (Å²) < 4.78 is 4.76. The van der Waals surface area contributed by atoms with E-state index < -0.39 is 0 Å². The Morgan fingerprint density at radius 3 is 1.52 bits per heavy atom. The molecule has 0 aliphatic heterocycles. The van der Waals surface area contributed by atoms with Crippen molar-refractivity contribution in [2.45, 2.75) is 40.0 Å². The van der Waals surface area contributed by atoms with Gasteiger partial charge in [-0.3, -0.25) is 0 Å². The third-order valence-electron chi connectivity index (χ3n) is 10.2. The first-order valence-electron chi connectivity index (χ1n) is 17.7. The van der Waals surface area contributed by atoms with Crippen molar-refractivity contribution in [1.82, 2.24) is 19.1 Å². The van der Waals surface area contributed by atoms with Gasteiger partial charge in [-0.1, -0.05) is 86.6 Å². The van der Waals surface area contributed by atoms with E-state index in [0.29, 0.717) is 0 Å². The van der Waals surface area contributed by atoms with Crippen molar-refractivity contribution in [3.63, 3.8) is 0 Å². The molecule has 3 heterocycles. The molecule has 9 aromatic rings. The zero-order chi connectivity index (χ0) is 33.8. The van der Waals surface area contributed by atoms with Crippen molar-refractivity contribution in [1.29, 1.82) is 0 Å². The molecule has 0 spiro atoms. The van der Waals surface area contributed by atoms with Crippen molar-refractivity contribution in [2.24, 2.45) is 0 Å². The molecule has 0 aliphatic rings. The number of benzene rings is 6. The number of aromatic nitrogens is 4. The van der Waals surface area contributed by atoms with Crippen molar-refractivity contribution in [3.05, 3.63) is 157 Å². The van der Waals surface area contributed by atoms with Crippen LogP contribution in [0.15, 0.2) is 140 Å². The molecule has 4 heteroatoms. The summed E-state index contributed by atoms with van der Waals surface area (Å²) >= 11 is 0. The van der Waals surface area contributed by atoms with Gasteiger partial charge in [0.25, 0.3) is 0 Å². The normalized spacial score (nSPS) is 11.7. The third kappa shape index (κ3) is 4.82. The second kappa shape index (κ2) is 12.2. The lowest BCUT2D eigenvalue weighted by atomic mass is 9.99. The molecule has 9 rings (SSSR count). The van der Waals surface area contributed by atoms with E-state index in [1.54, 1.807) is 0 Å². The average molecular weight is 647 g/mol. The highest BCUT2D eigenvalue weighted by molar-refractivity contribution is 6.13. The molecule has 0 amide bonds. The lowest BCUT2D eigenvalue weighted by molar-refractivity contribution is 0.809. The zero-order valence-corrected chi connectivity index (χ0v) is 28.7. The predicted octanol–water partition coefficient (Wildman–Crippen LogP) is 11.8. The lowest BCUT2D eigenvalue weighted by Gasteiger charge is -2.12. The van der Waals surface area contributed by atoms with E-state index in [9.17, 15) is 0 Å². The Labute approximate surface area is 292 Å². The van der Waals surface area contributed by atoms with E-state index in [1.165, 1.54) is 66.0 Å². The van der Waals surface area contributed by atoms with Crippen LogP contribution in [0.2, 0.25) is 0 Å². The first-order valence-corrected chi connectivity index (χ1v) is 17.7. The fourth-order valence-corrected chi connectivity index (χ4v) is 7.79. The van der Waals surface area contributed by atoms with Crippen LogP contribution < -0.4 is 0 Å². The number of rotatable bonds is 7. The van der Waals surface area contributed by atoms with Gasteiger partial charge in [0.1, 0.15) is 5.82 Å². The summed E-state index contributed by atoms with van der Waals surface area (Å²) in [6, 6.07) is 50.8. The minimum absolute atomic E-state index is 0.883. The van der Waals surface area contributed by atoms with Gasteiger partial charge in [-0.25, -0.2) is 9.97 Å². The van der Waals surface area contributed by atoms with Crippen LogP contribution in [0.25, 0.3) is 77.4 Å². The zero-order valence-electron chi connectivity index (χ0n) is 28.7. The van der Waals surface area contributed by atoms with Crippen molar-refractivity contribution in [2.75, 3.05) is 0 Å². The van der Waals surface area contributed by atoms with Gasteiger partial charge < -0.3 is 9.13 Å². The second-order valence-electron chi connectivity index (χ2n) is 13.2. The van der Waals surface area contributed by atoms with E-state index in [0.717, 1.165) is 47.7 Å². The van der Waals surface area contributed by atoms with Gasteiger partial charge in [0.15, 0.2) is 0 Å². The first kappa shape index (κ1) is 30.1. The number of aryl methyl sites for hydroxylation is 2. The summed E-state index contributed by atoms with van der Waals surface area (Å²) in [6.45, 7) is 6.55. The maximum atomic E-state index is 5.12. The second-order valence-corrected chi connectivity index (χ2v) is 13.2. The molecule has 0 fully saturated rings. The minimum atomic E-state index is 0.883. The Kier molecular flexibility index (Phi) is 7.31. The van der Waals surface area contributed by atoms with Crippen LogP contribution in [0.3, 0.4) is 0 Å². The van der Waals surface area contributed by atoms with Crippen LogP contribution in [0.5, 0.6) is 0 Å². The average Bonchev–Trinajstić information content (AvgIpc) is 3.68. The number of hydrogen-bond donors (Lipinski definition) is 0. The Bertz CT molecular complexity index is 2700. The number of hydrogen-bond acceptors (Lipinski definition) is 2. The van der Waals surface area contributed by atoms with E-state index in [-0.39, 0.29) is 0 Å². The number of fused-ring (bicyclic) bond motifs is 6. The fourth-order valence-electron chi connectivity index (χ4n) is 7.79. The fraction of sp³-hybridized carbons (Fsp3) is 0.130. The summed E-state index contributed by atoms with van der Waals surface area (Å²) in [7, 11) is 0. The third-order valence-corrected chi connectivity index (χ3v) is 10.2. The molecule has 0 N–H and O–H groups in total. The largest absolute Gasteiger partial charge is 0.309 e. The molecule has 0 atom stereocenters. The molecule has 3 aromatic heterocycles. The quantitative estimate of drug-likeness (QED) is 0.173. The highest BCUT2D eigenvalue weighted by Gasteiger charge is 2.18. The van der Waals surface area contributed by atoms with Crippen LogP contribution in [-0.2, 0) is 12.8 Å². The van der Waals surface area contributed by atoms with Crippen LogP contribution in [0, 0.1) is 6.92 Å². The van der Waals surface area contributed by atoms with Gasteiger partial charge in [-0.05, 0) is 103 Å². The van der Waals surface area contributed by atoms with E-state index in [2.05, 4.69) is 169 Å². The van der Waals surface area contributed by atoms with E-state index in [1.807, 2.05) is 0 Å². The van der Waals surface area contributed by atoms with E-state index >= 15 is 0 Å². The van der Waals surface area contributed by atoms with Crippen LogP contribution in [0.1, 0.15) is 37.4 Å². The topological polar surface area (TPSA) is 35.6 Å². The Morgan fingerprint density at radius 2 is 0.960 bits per heavy atom. The molecule has 0 unspecified atom stereocenters. The Hall–Kier alpha value is -6.00. The smallest absolute Gasteiger partial charge is 0.129 e. The molecule has 0 radical (unpaired) electrons. The SMILES string of the molecule is CCCc1nc(CC)c(C)c(-c2ccc3c(c2)c2cc(-c4ccc5c(c4)c4ccccc4n5-c4ccccc4)ccc2n3-c2ccccc2)n1. The predicted molar refractivity (Wildman–Crippen MR) is 210 cm³/mol. The first-order chi connectivity index (χ1) is 24.6. The summed E-state index contributed by atoms with van der Waals surface area (Å²) in [5.74, 6) is 0.933. The van der Waals surface area contributed by atoms with E-state index in [4.69, 9.17) is 9.97 Å². The molecule has 242 valence electrons. The van der Waals surface area contributed by atoms with Crippen LogP contribution in [-0.4, -0.2) is 19.1 Å². The van der Waals surface area contributed by atoms with Gasteiger partial charge in [0.05, 0.1) is 27.8 Å². The van der Waals surface area contributed by atoms with Crippen molar-refractivity contribution < 1.29 is 0 Å². The highest BCUT2D eigenvalue weighted by Crippen LogP contribution is 2.39. The Morgan fingerprint density at radius 1 is 0.480 bits per heavy atom. The van der Waals surface area contributed by atoms with Gasteiger partial charge in [-0.2, -0.15) is 0 Å². The molecule has 0 saturated carbocycles. The summed E-state index contributed by atoms with van der Waals surface area (Å²) in [4.78, 5) is 10.0. The highest BCUT2D eigenvalue weighted by atomic mass is 15.0. The number of nitrogens with zero attached hydrogens (tertiary/aromatic N) is 4. The molecule has 6 aromatic carbocycles. The van der Waals surface area contributed by atoms with Gasteiger partial charge in [0, 0.05) is 50.6 Å². The molecule has 4 nitrogen and oxygen atoms in total. The van der Waals surface area contributed by atoms with Gasteiger partial charge in [-0.15, -0.1) is 0 Å². The molecule has 0 saturated heterocycles. The monoisotopic (exact) mass is 646 g/mol.